The van der Waals surface area contributed by atoms with Crippen molar-refractivity contribution in [2.45, 2.75) is 79.4 Å². The Morgan fingerprint density at radius 2 is 1.44 bits per heavy atom. The third kappa shape index (κ3) is 6.52. The largest absolute Gasteiger partial charge is 0.392 e. The summed E-state index contributed by atoms with van der Waals surface area (Å²) in [6, 6.07) is 27.1. The molecule has 2 N–H and O–H groups in total. The van der Waals surface area contributed by atoms with Crippen molar-refractivity contribution < 1.29 is 30.3 Å². The van der Waals surface area contributed by atoms with Gasteiger partial charge in [-0.3, -0.25) is 0 Å². The van der Waals surface area contributed by atoms with Crippen LogP contribution in [0, 0.1) is 16.9 Å². The predicted octanol–water partition coefficient (Wildman–Crippen LogP) is 8.20. The minimum Gasteiger partial charge on any atom is -0.392 e. The molecule has 209 valence electrons. The van der Waals surface area contributed by atoms with Crippen molar-refractivity contribution >= 4 is 10.8 Å². The standard InChI is InChI=1S/C24H18N.C11H24O2.Ir/c1-24(2)21-13-11-17(22-9-5-6-14-25-22)15-20(21)19-12-10-16-7-3-4-8-18(16)23(19)24;1-10(2,3)8(12)7-9(13)11(4,5)6;/h3-10,12-15H,1-2H3;8-9,12-13H,7H2,1-6H3;/q-1;;. The minimum absolute atomic E-state index is 0. The van der Waals surface area contributed by atoms with E-state index in [0.717, 1.165) is 11.3 Å². The maximum Gasteiger partial charge on any atom is 0.0613 e. The van der Waals surface area contributed by atoms with Gasteiger partial charge in [0.1, 0.15) is 0 Å². The molecule has 4 aromatic rings. The Morgan fingerprint density at radius 3 is 2.03 bits per heavy atom. The van der Waals surface area contributed by atoms with Gasteiger partial charge in [0, 0.05) is 32.7 Å². The molecule has 2 unspecified atom stereocenters. The summed E-state index contributed by atoms with van der Waals surface area (Å²) in [6.45, 7) is 16.5. The molecule has 0 saturated heterocycles. The Morgan fingerprint density at radius 1 is 0.821 bits per heavy atom. The van der Waals surface area contributed by atoms with Gasteiger partial charge in [-0.2, -0.15) is 0 Å². The van der Waals surface area contributed by atoms with Gasteiger partial charge in [0.05, 0.1) is 12.2 Å². The number of pyridine rings is 1. The second-order valence-corrected chi connectivity index (χ2v) is 13.2. The maximum absolute atomic E-state index is 9.76. The van der Waals surface area contributed by atoms with Crippen molar-refractivity contribution in [3.63, 3.8) is 0 Å². The van der Waals surface area contributed by atoms with Gasteiger partial charge < -0.3 is 15.2 Å². The van der Waals surface area contributed by atoms with Crippen LogP contribution >= 0.6 is 0 Å². The summed E-state index contributed by atoms with van der Waals surface area (Å²) in [6.07, 6.45) is 1.40. The number of fused-ring (bicyclic) bond motifs is 5. The smallest absolute Gasteiger partial charge is 0.0613 e. The fourth-order valence-corrected chi connectivity index (χ4v) is 5.12. The summed E-state index contributed by atoms with van der Waals surface area (Å²) in [5.41, 5.74) is 7.12. The first-order chi connectivity index (χ1) is 17.7. The first-order valence-corrected chi connectivity index (χ1v) is 13.6. The van der Waals surface area contributed by atoms with Crippen LogP contribution in [0.25, 0.3) is 33.2 Å². The zero-order valence-electron chi connectivity index (χ0n) is 24.5. The number of hydrogen-bond acceptors (Lipinski definition) is 3. The fraction of sp³-hybridized carbons (Fsp3) is 0.400. The average molecular weight is 701 g/mol. The molecule has 1 radical (unpaired) electrons. The molecule has 3 aromatic carbocycles. The molecule has 39 heavy (non-hydrogen) atoms. The summed E-state index contributed by atoms with van der Waals surface area (Å²) in [5, 5.41) is 22.2. The number of aliphatic hydroxyl groups excluding tert-OH is 2. The van der Waals surface area contributed by atoms with Crippen molar-refractivity contribution in [2.75, 3.05) is 0 Å². The van der Waals surface area contributed by atoms with Crippen molar-refractivity contribution in [3.8, 4) is 22.4 Å². The number of nitrogens with zero attached hydrogens (tertiary/aromatic N) is 1. The van der Waals surface area contributed by atoms with E-state index in [4.69, 9.17) is 0 Å². The molecule has 1 aliphatic carbocycles. The Kier molecular flexibility index (Phi) is 9.29. The van der Waals surface area contributed by atoms with E-state index in [1.54, 1.807) is 0 Å². The van der Waals surface area contributed by atoms with Crippen molar-refractivity contribution in [2.24, 2.45) is 10.8 Å². The molecular weight excluding hydrogens is 659 g/mol. The monoisotopic (exact) mass is 701 g/mol. The van der Waals surface area contributed by atoms with E-state index in [-0.39, 0.29) is 36.4 Å². The zero-order chi connectivity index (χ0) is 27.9. The van der Waals surface area contributed by atoms with Crippen LogP contribution in [0.3, 0.4) is 0 Å². The van der Waals surface area contributed by atoms with Crippen LogP contribution in [-0.4, -0.2) is 27.4 Å². The normalized spacial score (nSPS) is 15.3. The number of benzene rings is 3. The molecule has 1 heterocycles. The van der Waals surface area contributed by atoms with Gasteiger partial charge in [0.15, 0.2) is 0 Å². The van der Waals surface area contributed by atoms with E-state index in [1.165, 1.54) is 33.0 Å². The molecule has 1 aromatic heterocycles. The van der Waals surface area contributed by atoms with Crippen LogP contribution in [0.15, 0.2) is 72.9 Å². The van der Waals surface area contributed by atoms with E-state index >= 15 is 0 Å². The number of aliphatic hydroxyl groups is 2. The molecule has 5 rings (SSSR count). The van der Waals surface area contributed by atoms with Gasteiger partial charge in [-0.1, -0.05) is 109 Å². The van der Waals surface area contributed by atoms with Gasteiger partial charge in [0.2, 0.25) is 0 Å². The second kappa shape index (κ2) is 11.6. The maximum atomic E-state index is 9.76. The van der Waals surface area contributed by atoms with E-state index < -0.39 is 12.2 Å². The molecule has 0 amide bonds. The SMILES string of the molecule is CC(C)(C)C(O)CC(O)C(C)(C)C.CC1(C)c2c[c-]c(-c3ccccn3)cc2-c2ccc3ccccc3c21.[Ir]. The van der Waals surface area contributed by atoms with Crippen LogP contribution < -0.4 is 0 Å². The molecule has 0 aliphatic heterocycles. The Labute approximate surface area is 248 Å². The molecule has 0 saturated carbocycles. The van der Waals surface area contributed by atoms with Crippen LogP contribution in [-0.2, 0) is 25.5 Å². The third-order valence-corrected chi connectivity index (χ3v) is 7.86. The average Bonchev–Trinajstić information content (AvgIpc) is 3.10. The Hall–Kier alpha value is -2.36. The predicted molar refractivity (Wildman–Crippen MR) is 159 cm³/mol. The molecular formula is C35H42IrNO2-. The van der Waals surface area contributed by atoms with Gasteiger partial charge in [0.25, 0.3) is 0 Å². The second-order valence-electron chi connectivity index (χ2n) is 13.2. The molecule has 4 heteroatoms. The molecule has 1 aliphatic rings. The molecule has 0 spiro atoms. The van der Waals surface area contributed by atoms with Crippen molar-refractivity contribution in [3.05, 3.63) is 90.1 Å². The summed E-state index contributed by atoms with van der Waals surface area (Å²) >= 11 is 0. The minimum atomic E-state index is -0.443. The van der Waals surface area contributed by atoms with Gasteiger partial charge >= 0.3 is 0 Å². The molecule has 0 fully saturated rings. The van der Waals surface area contributed by atoms with Crippen LogP contribution in [0.4, 0.5) is 0 Å². The zero-order valence-corrected chi connectivity index (χ0v) is 26.9. The van der Waals surface area contributed by atoms with Crippen LogP contribution in [0.5, 0.6) is 0 Å². The topological polar surface area (TPSA) is 53.4 Å². The number of rotatable bonds is 3. The van der Waals surface area contributed by atoms with Crippen molar-refractivity contribution in [1.29, 1.82) is 0 Å². The molecule has 3 nitrogen and oxygen atoms in total. The number of aromatic nitrogens is 1. The first-order valence-electron chi connectivity index (χ1n) is 13.6. The van der Waals surface area contributed by atoms with E-state index in [9.17, 15) is 10.2 Å². The van der Waals surface area contributed by atoms with Crippen LogP contribution in [0.1, 0.15) is 72.9 Å². The van der Waals surface area contributed by atoms with E-state index in [0.29, 0.717) is 6.42 Å². The van der Waals surface area contributed by atoms with Crippen LogP contribution in [0.2, 0.25) is 0 Å². The van der Waals surface area contributed by atoms with Gasteiger partial charge in [-0.15, -0.1) is 29.3 Å². The molecule has 2 atom stereocenters. The summed E-state index contributed by atoms with van der Waals surface area (Å²) in [7, 11) is 0. The van der Waals surface area contributed by atoms with Gasteiger partial charge in [-0.05, 0) is 49.9 Å². The Bertz CT molecular complexity index is 1400. The third-order valence-electron chi connectivity index (χ3n) is 7.86. The van der Waals surface area contributed by atoms with E-state index in [2.05, 4.69) is 73.4 Å². The number of hydrogen-bond donors (Lipinski definition) is 2. The summed E-state index contributed by atoms with van der Waals surface area (Å²) < 4.78 is 0. The van der Waals surface area contributed by atoms with E-state index in [1.807, 2.05) is 65.9 Å². The molecule has 0 bridgehead atoms. The fourth-order valence-electron chi connectivity index (χ4n) is 5.12. The summed E-state index contributed by atoms with van der Waals surface area (Å²) in [5.74, 6) is 0. The quantitative estimate of drug-likeness (QED) is 0.212. The first kappa shape index (κ1) is 31.2. The van der Waals surface area contributed by atoms with Crippen molar-refractivity contribution in [1.82, 2.24) is 4.98 Å². The Balaban J connectivity index is 0.000000260. The van der Waals surface area contributed by atoms with Gasteiger partial charge in [-0.25, -0.2) is 0 Å². The summed E-state index contributed by atoms with van der Waals surface area (Å²) in [4.78, 5) is 4.49.